The van der Waals surface area contributed by atoms with Gasteiger partial charge in [0.15, 0.2) is 0 Å². The monoisotopic (exact) mass is 258 g/mol. The van der Waals surface area contributed by atoms with Crippen LogP contribution in [0.5, 0.6) is 0 Å². The first-order chi connectivity index (χ1) is 8.90. The summed E-state index contributed by atoms with van der Waals surface area (Å²) < 4.78 is 0. The van der Waals surface area contributed by atoms with E-state index in [2.05, 4.69) is 22.5 Å². The third kappa shape index (κ3) is 2.08. The second-order valence-electron chi connectivity index (χ2n) is 4.91. The molecule has 2 nitrogen and oxygen atoms in total. The number of fused-ring (bicyclic) bond motifs is 1. The molecule has 0 spiro atoms. The molecular formula is C15H18N2S. The van der Waals surface area contributed by atoms with Gasteiger partial charge in [-0.2, -0.15) is 0 Å². The van der Waals surface area contributed by atoms with E-state index >= 15 is 0 Å². The van der Waals surface area contributed by atoms with Gasteiger partial charge in [0, 0.05) is 23.2 Å². The lowest BCUT2D eigenvalue weighted by atomic mass is 9.97. The first kappa shape index (κ1) is 11.9. The Morgan fingerprint density at radius 1 is 1.28 bits per heavy atom. The molecular weight excluding hydrogens is 240 g/mol. The standard InChI is InChI=1S/C15H18N2S/c16-9-12-3-1-2-4-13-14(10-18-15(12)13)11-5-7-17-8-6-11/h5-8,10,12H,1-4,9,16H2. The summed E-state index contributed by atoms with van der Waals surface area (Å²) in [7, 11) is 0. The SMILES string of the molecule is NCC1CCCCc2c(-c3ccncc3)csc21. The van der Waals surface area contributed by atoms with Crippen molar-refractivity contribution in [3.63, 3.8) is 0 Å². The molecule has 0 saturated heterocycles. The van der Waals surface area contributed by atoms with Crippen LogP contribution < -0.4 is 5.73 Å². The second-order valence-corrected chi connectivity index (χ2v) is 5.82. The Morgan fingerprint density at radius 2 is 2.11 bits per heavy atom. The van der Waals surface area contributed by atoms with E-state index in [1.54, 1.807) is 5.56 Å². The lowest BCUT2D eigenvalue weighted by Gasteiger charge is -2.11. The summed E-state index contributed by atoms with van der Waals surface area (Å²) in [5.74, 6) is 0.572. The number of hydrogen-bond donors (Lipinski definition) is 1. The van der Waals surface area contributed by atoms with Crippen LogP contribution in [-0.2, 0) is 6.42 Å². The van der Waals surface area contributed by atoms with E-state index in [-0.39, 0.29) is 0 Å². The number of aromatic nitrogens is 1. The zero-order valence-electron chi connectivity index (χ0n) is 10.4. The Bertz CT molecular complexity index is 519. The third-order valence-electron chi connectivity index (χ3n) is 3.80. The Morgan fingerprint density at radius 3 is 2.89 bits per heavy atom. The van der Waals surface area contributed by atoms with Crippen molar-refractivity contribution in [3.05, 3.63) is 40.3 Å². The number of rotatable bonds is 2. The van der Waals surface area contributed by atoms with Crippen LogP contribution in [0.1, 0.15) is 35.6 Å². The van der Waals surface area contributed by atoms with E-state index in [0.717, 1.165) is 6.54 Å². The Balaban J connectivity index is 2.06. The molecule has 0 aliphatic heterocycles. The van der Waals surface area contributed by atoms with E-state index in [1.807, 2.05) is 23.7 Å². The van der Waals surface area contributed by atoms with Crippen molar-refractivity contribution in [2.45, 2.75) is 31.6 Å². The molecule has 2 heterocycles. The summed E-state index contributed by atoms with van der Waals surface area (Å²) in [4.78, 5) is 5.63. The zero-order chi connectivity index (χ0) is 12.4. The van der Waals surface area contributed by atoms with Crippen molar-refractivity contribution in [1.82, 2.24) is 4.98 Å². The van der Waals surface area contributed by atoms with Crippen LogP contribution in [0.25, 0.3) is 11.1 Å². The van der Waals surface area contributed by atoms with Crippen molar-refractivity contribution in [2.24, 2.45) is 5.73 Å². The lowest BCUT2D eigenvalue weighted by molar-refractivity contribution is 0.608. The molecule has 0 aromatic carbocycles. The topological polar surface area (TPSA) is 38.9 Å². The zero-order valence-corrected chi connectivity index (χ0v) is 11.2. The maximum atomic E-state index is 5.93. The molecule has 1 aliphatic rings. The highest BCUT2D eigenvalue weighted by molar-refractivity contribution is 7.10. The van der Waals surface area contributed by atoms with Gasteiger partial charge in [-0.25, -0.2) is 0 Å². The highest BCUT2D eigenvalue weighted by Gasteiger charge is 2.22. The minimum atomic E-state index is 0.572. The van der Waals surface area contributed by atoms with Gasteiger partial charge >= 0.3 is 0 Å². The van der Waals surface area contributed by atoms with Gasteiger partial charge in [0.25, 0.3) is 0 Å². The minimum absolute atomic E-state index is 0.572. The fraction of sp³-hybridized carbons (Fsp3) is 0.400. The van der Waals surface area contributed by atoms with Crippen LogP contribution in [0.2, 0.25) is 0 Å². The van der Waals surface area contributed by atoms with Crippen LogP contribution in [0.3, 0.4) is 0 Å². The quantitative estimate of drug-likeness (QED) is 0.836. The number of nitrogens with two attached hydrogens (primary N) is 1. The molecule has 2 N–H and O–H groups in total. The largest absolute Gasteiger partial charge is 0.330 e. The van der Waals surface area contributed by atoms with Crippen molar-refractivity contribution < 1.29 is 0 Å². The normalized spacial score (nSPS) is 19.3. The smallest absolute Gasteiger partial charge is 0.0273 e. The van der Waals surface area contributed by atoms with E-state index in [4.69, 9.17) is 5.73 Å². The molecule has 0 amide bonds. The third-order valence-corrected chi connectivity index (χ3v) is 4.99. The molecule has 0 radical (unpaired) electrons. The molecule has 3 rings (SSSR count). The molecule has 2 aromatic heterocycles. The number of pyridine rings is 1. The van der Waals surface area contributed by atoms with Gasteiger partial charge in [0.05, 0.1) is 0 Å². The highest BCUT2D eigenvalue weighted by Crippen LogP contribution is 2.40. The lowest BCUT2D eigenvalue weighted by Crippen LogP contribution is -2.11. The predicted molar refractivity (Wildman–Crippen MR) is 76.9 cm³/mol. The summed E-state index contributed by atoms with van der Waals surface area (Å²) in [5.41, 5.74) is 10.2. The maximum absolute atomic E-state index is 5.93. The molecule has 0 bridgehead atoms. The van der Waals surface area contributed by atoms with Crippen molar-refractivity contribution in [3.8, 4) is 11.1 Å². The molecule has 1 aliphatic carbocycles. The van der Waals surface area contributed by atoms with Gasteiger partial charge in [-0.05, 0) is 60.0 Å². The van der Waals surface area contributed by atoms with Crippen LogP contribution in [-0.4, -0.2) is 11.5 Å². The Labute approximate surface area is 112 Å². The first-order valence-electron chi connectivity index (χ1n) is 6.61. The van der Waals surface area contributed by atoms with Gasteiger partial charge < -0.3 is 5.73 Å². The van der Waals surface area contributed by atoms with Gasteiger partial charge in [0.1, 0.15) is 0 Å². The number of thiophene rings is 1. The maximum Gasteiger partial charge on any atom is 0.0273 e. The summed E-state index contributed by atoms with van der Waals surface area (Å²) in [6.07, 6.45) is 8.79. The van der Waals surface area contributed by atoms with Crippen LogP contribution in [0, 0.1) is 0 Å². The fourth-order valence-corrected chi connectivity index (χ4v) is 4.10. The summed E-state index contributed by atoms with van der Waals surface area (Å²) in [6, 6.07) is 4.20. The van der Waals surface area contributed by atoms with Crippen molar-refractivity contribution >= 4 is 11.3 Å². The number of hydrogen-bond acceptors (Lipinski definition) is 3. The Kier molecular flexibility index (Phi) is 3.43. The molecule has 1 atom stereocenters. The molecule has 1 unspecified atom stereocenters. The average Bonchev–Trinajstić information content (AvgIpc) is 2.73. The van der Waals surface area contributed by atoms with Crippen molar-refractivity contribution in [2.75, 3.05) is 6.54 Å². The minimum Gasteiger partial charge on any atom is -0.330 e. The first-order valence-corrected chi connectivity index (χ1v) is 7.49. The summed E-state index contributed by atoms with van der Waals surface area (Å²) >= 11 is 1.89. The van der Waals surface area contributed by atoms with Gasteiger partial charge in [0.2, 0.25) is 0 Å². The van der Waals surface area contributed by atoms with E-state index < -0.39 is 0 Å². The van der Waals surface area contributed by atoms with E-state index in [9.17, 15) is 0 Å². The summed E-state index contributed by atoms with van der Waals surface area (Å²) in [6.45, 7) is 0.781. The summed E-state index contributed by atoms with van der Waals surface area (Å²) in [5, 5.41) is 2.30. The fourth-order valence-electron chi connectivity index (χ4n) is 2.82. The van der Waals surface area contributed by atoms with E-state index in [0.29, 0.717) is 5.92 Å². The number of nitrogens with zero attached hydrogens (tertiary/aromatic N) is 1. The van der Waals surface area contributed by atoms with Gasteiger partial charge in [-0.15, -0.1) is 11.3 Å². The highest BCUT2D eigenvalue weighted by atomic mass is 32.1. The molecule has 0 saturated carbocycles. The van der Waals surface area contributed by atoms with Crippen LogP contribution in [0.4, 0.5) is 0 Å². The molecule has 3 heteroatoms. The van der Waals surface area contributed by atoms with Crippen LogP contribution in [0.15, 0.2) is 29.9 Å². The Hall–Kier alpha value is -1.19. The molecule has 18 heavy (non-hydrogen) atoms. The second kappa shape index (κ2) is 5.21. The predicted octanol–water partition coefficient (Wildman–Crippen LogP) is 3.58. The molecule has 94 valence electrons. The van der Waals surface area contributed by atoms with Gasteiger partial charge in [-0.1, -0.05) is 6.42 Å². The van der Waals surface area contributed by atoms with Crippen molar-refractivity contribution in [1.29, 1.82) is 0 Å². The molecule has 0 fully saturated rings. The average molecular weight is 258 g/mol. The van der Waals surface area contributed by atoms with E-state index in [1.165, 1.54) is 41.7 Å². The molecule has 2 aromatic rings. The van der Waals surface area contributed by atoms with Gasteiger partial charge in [-0.3, -0.25) is 4.98 Å². The van der Waals surface area contributed by atoms with Crippen LogP contribution >= 0.6 is 11.3 Å².